The molecule has 1 rings (SSSR count). The van der Waals surface area contributed by atoms with Crippen molar-refractivity contribution in [3.8, 4) is 0 Å². The molecule has 1 aliphatic heterocycles. The Balaban J connectivity index is 0.000000354. The van der Waals surface area contributed by atoms with Gasteiger partial charge in [-0.2, -0.15) is 4.58 Å². The Labute approximate surface area is 103 Å². The van der Waals surface area contributed by atoms with Crippen LogP contribution in [0.4, 0.5) is 0 Å². The third-order valence-corrected chi connectivity index (χ3v) is 2.25. The summed E-state index contributed by atoms with van der Waals surface area (Å²) < 4.78 is 3.23. The van der Waals surface area contributed by atoms with Gasteiger partial charge in [-0.25, -0.2) is 0 Å². The summed E-state index contributed by atoms with van der Waals surface area (Å²) in [6.45, 7) is 2.34. The molecule has 1 fully saturated rings. The van der Waals surface area contributed by atoms with Crippen molar-refractivity contribution in [1.82, 2.24) is 0 Å². The molecule has 0 aromatic carbocycles. The average molecular weight is 443 g/mol. The molecule has 1 saturated heterocycles. The number of thiol groups is 1. The molecule has 6 heteroatoms. The summed E-state index contributed by atoms with van der Waals surface area (Å²) in [6.07, 6.45) is 4.01. The summed E-state index contributed by atoms with van der Waals surface area (Å²) in [6, 6.07) is 0. The van der Waals surface area contributed by atoms with Gasteiger partial charge in [-0.15, -0.1) is 0 Å². The van der Waals surface area contributed by atoms with E-state index in [0.29, 0.717) is 0 Å². The van der Waals surface area contributed by atoms with E-state index in [1.807, 2.05) is 0 Å². The third kappa shape index (κ3) is 7.26. The van der Waals surface area contributed by atoms with Crippen molar-refractivity contribution in [3.63, 3.8) is 0 Å². The molecule has 0 spiro atoms. The number of hydrogen-bond donors (Lipinski definition) is 1. The van der Waals surface area contributed by atoms with Crippen molar-refractivity contribution < 1.29 is 4.58 Å². The predicted octanol–water partition coefficient (Wildman–Crippen LogP) is 1.48. The molecule has 70 valence electrons. The Morgan fingerprint density at radius 2 is 1.67 bits per heavy atom. The Bertz CT molecular complexity index is 142. The molecule has 0 aliphatic carbocycles. The number of piperidine rings is 1. The van der Waals surface area contributed by atoms with Crippen molar-refractivity contribution in [1.29, 1.82) is 0 Å². The topological polar surface area (TPSA) is 3.01 Å². The molecule has 0 atom stereocenters. The summed E-state index contributed by atoms with van der Waals surface area (Å²) in [5.41, 5.74) is 0. The second kappa shape index (κ2) is 9.39. The zero-order chi connectivity index (χ0) is 9.40. The molecule has 0 N–H and O–H groups in total. The normalized spacial score (nSPS) is 16.5. The number of rotatable bonds is 0. The van der Waals surface area contributed by atoms with Crippen LogP contribution in [0.3, 0.4) is 0 Å². The minimum atomic E-state index is -0.889. The summed E-state index contributed by atoms with van der Waals surface area (Å²) in [4.78, 5) is 0. The van der Waals surface area contributed by atoms with Gasteiger partial charge in [0.15, 0.2) is 0 Å². The van der Waals surface area contributed by atoms with E-state index in [1.54, 1.807) is 0 Å². The van der Waals surface area contributed by atoms with Gasteiger partial charge in [-0.3, -0.25) is 0 Å². The minimum absolute atomic E-state index is 0.889. The van der Waals surface area contributed by atoms with Gasteiger partial charge in [0.2, 0.25) is 0 Å². The molecule has 12 heavy (non-hydrogen) atoms. The van der Waals surface area contributed by atoms with E-state index in [4.69, 9.17) is 17.0 Å². The summed E-state index contributed by atoms with van der Waals surface area (Å²) in [5, 5.41) is 0. The molecule has 1 heterocycles. The van der Waals surface area contributed by atoms with Crippen LogP contribution in [0.5, 0.6) is 0 Å². The Kier molecular flexibility index (Phi) is 10.8. The zero-order valence-corrected chi connectivity index (χ0v) is 13.5. The fourth-order valence-corrected chi connectivity index (χ4v) is 1.53. The van der Waals surface area contributed by atoms with E-state index in [1.165, 1.54) is 32.4 Å². The number of nitrogens with zero attached hydrogens (tertiary/aromatic N) is 1. The summed E-state index contributed by atoms with van der Waals surface area (Å²) in [5.74, 6) is 0. The molecule has 0 unspecified atom stereocenters. The first-order valence-electron chi connectivity index (χ1n) is 3.67. The second-order valence-electron chi connectivity index (χ2n) is 2.44. The van der Waals surface area contributed by atoms with E-state index < -0.39 is 20.8 Å². The maximum atomic E-state index is 4.94. The van der Waals surface area contributed by atoms with Gasteiger partial charge in [-0.1, -0.05) is 0 Å². The van der Waals surface area contributed by atoms with Crippen LogP contribution in [0.15, 0.2) is 0 Å². The van der Waals surface area contributed by atoms with Crippen molar-refractivity contribution >= 4 is 67.5 Å². The first-order chi connectivity index (χ1) is 5.72. The molecule has 0 amide bonds. The summed E-state index contributed by atoms with van der Waals surface area (Å²) in [7, 11) is 9.89. The van der Waals surface area contributed by atoms with Crippen LogP contribution in [-0.2, 0) is 12.6 Å². The van der Waals surface area contributed by atoms with Crippen LogP contribution in [0, 0.1) is 0 Å². The van der Waals surface area contributed by atoms with Gasteiger partial charge in [0.25, 0.3) is 0 Å². The van der Waals surface area contributed by atoms with E-state index in [0.717, 1.165) is 4.38 Å². The van der Waals surface area contributed by atoms with E-state index in [9.17, 15) is 0 Å². The molecule has 0 aromatic rings. The van der Waals surface area contributed by atoms with Crippen LogP contribution in [0.2, 0.25) is 0 Å². The average Bonchev–Trinajstić information content (AvgIpc) is 2.07. The first-order valence-corrected chi connectivity index (χ1v) is 13.2. The molecule has 1 aliphatic rings. The van der Waals surface area contributed by atoms with E-state index in [2.05, 4.69) is 29.8 Å². The predicted molar refractivity (Wildman–Crippen MR) is 65.5 cm³/mol. The standard InChI is InChI=1S/C6H11NS2.Bi.2ClH/c8-6(9)7-4-2-1-3-5-7;;;/h1-5H2,(H,8,9);;2*1H/q;+3;;. The number of halogens is 2. The van der Waals surface area contributed by atoms with Crippen molar-refractivity contribution in [2.75, 3.05) is 13.1 Å². The third-order valence-electron chi connectivity index (χ3n) is 1.66. The molecule has 0 aromatic heterocycles. The second-order valence-corrected chi connectivity index (χ2v) is 8.73. The van der Waals surface area contributed by atoms with Gasteiger partial charge in [0, 0.05) is 12.8 Å². The van der Waals surface area contributed by atoms with Crippen LogP contribution >= 0.6 is 29.7 Å². The van der Waals surface area contributed by atoms with Crippen molar-refractivity contribution in [2.45, 2.75) is 19.3 Å². The molecular formula is C6H13BiCl2NS2+3. The van der Waals surface area contributed by atoms with Gasteiger partial charge >= 0.3 is 42.2 Å². The molecule has 2 radical (unpaired) electrons. The first kappa shape index (κ1) is 13.8. The molecule has 1 nitrogen and oxygen atoms in total. The maximum absolute atomic E-state index is 4.94. The fourth-order valence-electron chi connectivity index (χ4n) is 1.11. The van der Waals surface area contributed by atoms with Crippen LogP contribution < -0.4 is 0 Å². The van der Waals surface area contributed by atoms with Crippen LogP contribution in [0.1, 0.15) is 19.3 Å². The summed E-state index contributed by atoms with van der Waals surface area (Å²) >= 11 is 6.70. The fraction of sp³-hybridized carbons (Fsp3) is 0.833. The monoisotopic (exact) mass is 442 g/mol. The molecular weight excluding hydrogens is 430 g/mol. The zero-order valence-electron chi connectivity index (χ0n) is 6.63. The molecule has 0 bridgehead atoms. The van der Waals surface area contributed by atoms with E-state index in [-0.39, 0.29) is 0 Å². The molecule has 0 saturated carbocycles. The van der Waals surface area contributed by atoms with Crippen LogP contribution in [-0.4, -0.2) is 42.9 Å². The Hall–Kier alpha value is 1.83. The van der Waals surface area contributed by atoms with Crippen molar-refractivity contribution in [2.24, 2.45) is 0 Å². The van der Waals surface area contributed by atoms with Crippen LogP contribution in [0.25, 0.3) is 0 Å². The van der Waals surface area contributed by atoms with Gasteiger partial charge in [0.05, 0.1) is 12.6 Å². The van der Waals surface area contributed by atoms with Gasteiger partial charge in [-0.05, 0) is 19.0 Å². The quantitative estimate of drug-likeness (QED) is 0.190. The Morgan fingerprint density at radius 1 is 1.25 bits per heavy atom. The van der Waals surface area contributed by atoms with Crippen molar-refractivity contribution in [3.05, 3.63) is 0 Å². The SMILES string of the molecule is SC([SH2+])=[N+]1CCCCC1.[Cl][Bi+][Cl]. The van der Waals surface area contributed by atoms with Gasteiger partial charge in [0.1, 0.15) is 13.1 Å². The number of hydrogen-bond acceptors (Lipinski definition) is 0. The van der Waals surface area contributed by atoms with E-state index >= 15 is 0 Å². The Morgan fingerprint density at radius 3 is 1.92 bits per heavy atom. The van der Waals surface area contributed by atoms with Gasteiger partial charge < -0.3 is 0 Å².